The predicted molar refractivity (Wildman–Crippen MR) is 74.2 cm³/mol. The van der Waals surface area contributed by atoms with Crippen molar-refractivity contribution in [1.82, 2.24) is 5.32 Å². The minimum absolute atomic E-state index is 0.0805. The molecule has 136 valence electrons. The van der Waals surface area contributed by atoms with Crippen molar-refractivity contribution in [2.45, 2.75) is 67.3 Å². The van der Waals surface area contributed by atoms with Gasteiger partial charge in [-0.15, -0.1) is 0 Å². The summed E-state index contributed by atoms with van der Waals surface area (Å²) in [6, 6.07) is -1.71. The van der Waals surface area contributed by atoms with Gasteiger partial charge in [-0.25, -0.2) is 0 Å². The van der Waals surface area contributed by atoms with Crippen LogP contribution in [0.4, 0.5) is 0 Å². The van der Waals surface area contributed by atoms with Gasteiger partial charge in [-0.3, -0.25) is 0 Å². The lowest BCUT2D eigenvalue weighted by atomic mass is 9.85. The molecule has 0 radical (unpaired) electrons. The monoisotopic (exact) mass is 339 g/mol. The quantitative estimate of drug-likeness (QED) is 0.240. The van der Waals surface area contributed by atoms with Crippen molar-refractivity contribution in [3.05, 3.63) is 0 Å². The normalized spacial score (nSPS) is 51.7. The summed E-state index contributed by atoms with van der Waals surface area (Å²) in [5, 5.41) is 80.1. The zero-order chi connectivity index (χ0) is 17.3. The molecule has 2 saturated heterocycles. The molecule has 2 aliphatic rings. The highest BCUT2D eigenvalue weighted by atomic mass is 16.5. The topological polar surface area (TPSA) is 183 Å². The number of hydrogen-bond acceptors (Lipinski definition) is 10. The van der Waals surface area contributed by atoms with Crippen LogP contribution in [0.2, 0.25) is 0 Å². The molecular formula is C13H25NO9. The summed E-state index contributed by atoms with van der Waals surface area (Å²) in [5.41, 5.74) is 0. The van der Waals surface area contributed by atoms with Crippen LogP contribution < -0.4 is 5.32 Å². The van der Waals surface area contributed by atoms with Crippen molar-refractivity contribution in [3.63, 3.8) is 0 Å². The second kappa shape index (κ2) is 7.66. The standard InChI is InChI=1S/C13H25NO9/c15-2-5-9(18)12(21)8(17)4(14-5)1-6-10(19)13(22)11(20)7(3-16)23-6/h4-22H,1-3H2/t4-,5+,6-,7+,8+,9+,10-,11+,12+,13+/m0/s1. The number of rotatable bonds is 4. The highest BCUT2D eigenvalue weighted by Crippen LogP contribution is 2.27. The maximum atomic E-state index is 10.0. The lowest BCUT2D eigenvalue weighted by molar-refractivity contribution is -0.235. The predicted octanol–water partition coefficient (Wildman–Crippen LogP) is -5.37. The zero-order valence-corrected chi connectivity index (χ0v) is 12.4. The molecule has 0 aromatic carbocycles. The van der Waals surface area contributed by atoms with E-state index >= 15 is 0 Å². The van der Waals surface area contributed by atoms with Gasteiger partial charge in [0.15, 0.2) is 0 Å². The summed E-state index contributed by atoms with van der Waals surface area (Å²) in [7, 11) is 0. The SMILES string of the molecule is OC[C@H]1N[C@@H](C[C@@H]2O[C@H](CO)[C@@H](O)[C@H](O)[C@H]2O)[C@@H](O)[C@@H](O)[C@@H]1O. The van der Waals surface area contributed by atoms with Gasteiger partial charge in [-0.1, -0.05) is 0 Å². The maximum absolute atomic E-state index is 10.0. The molecule has 2 rings (SSSR count). The summed E-state index contributed by atoms with van der Waals surface area (Å²) >= 11 is 0. The Morgan fingerprint density at radius 3 is 1.70 bits per heavy atom. The van der Waals surface area contributed by atoms with Crippen LogP contribution in [0.25, 0.3) is 0 Å². The molecule has 10 nitrogen and oxygen atoms in total. The van der Waals surface area contributed by atoms with E-state index in [4.69, 9.17) is 9.84 Å². The first-order chi connectivity index (χ1) is 10.8. The Labute approximate surface area is 132 Å². The average Bonchev–Trinajstić information content (AvgIpc) is 2.55. The van der Waals surface area contributed by atoms with Gasteiger partial charge in [0.25, 0.3) is 0 Å². The Kier molecular flexibility index (Phi) is 6.30. The van der Waals surface area contributed by atoms with E-state index in [1.807, 2.05) is 0 Å². The van der Waals surface area contributed by atoms with Crippen LogP contribution in [0.1, 0.15) is 6.42 Å². The largest absolute Gasteiger partial charge is 0.395 e. The van der Waals surface area contributed by atoms with E-state index in [9.17, 15) is 35.7 Å². The van der Waals surface area contributed by atoms with Crippen LogP contribution in [0.5, 0.6) is 0 Å². The van der Waals surface area contributed by atoms with Gasteiger partial charge >= 0.3 is 0 Å². The third kappa shape index (κ3) is 3.66. The van der Waals surface area contributed by atoms with Gasteiger partial charge in [0.1, 0.15) is 30.5 Å². The Bertz CT molecular complexity index is 348. The van der Waals surface area contributed by atoms with E-state index in [0.29, 0.717) is 0 Å². The second-order valence-corrected chi connectivity index (χ2v) is 6.14. The summed E-state index contributed by atoms with van der Waals surface area (Å²) < 4.78 is 5.34. The lowest BCUT2D eigenvalue weighted by Gasteiger charge is -2.45. The molecule has 0 saturated carbocycles. The Morgan fingerprint density at radius 1 is 0.609 bits per heavy atom. The van der Waals surface area contributed by atoms with Gasteiger partial charge in [-0.2, -0.15) is 0 Å². The molecule has 0 unspecified atom stereocenters. The van der Waals surface area contributed by atoms with Gasteiger partial charge in [-0.05, 0) is 6.42 Å². The van der Waals surface area contributed by atoms with E-state index < -0.39 is 74.1 Å². The first-order valence-corrected chi connectivity index (χ1v) is 7.53. The van der Waals surface area contributed by atoms with Gasteiger partial charge in [0.05, 0.1) is 37.6 Å². The molecule has 10 atom stereocenters. The molecule has 2 heterocycles. The smallest absolute Gasteiger partial charge is 0.111 e. The Morgan fingerprint density at radius 2 is 1.13 bits per heavy atom. The summed E-state index contributed by atoms with van der Waals surface area (Å²) in [5.74, 6) is 0. The summed E-state index contributed by atoms with van der Waals surface area (Å²) in [6.07, 6.45) is -10.9. The molecule has 2 aliphatic heterocycles. The molecule has 10 heteroatoms. The van der Waals surface area contributed by atoms with Crippen LogP contribution in [0, 0.1) is 0 Å². The van der Waals surface area contributed by atoms with E-state index in [1.54, 1.807) is 0 Å². The van der Waals surface area contributed by atoms with Crippen LogP contribution >= 0.6 is 0 Å². The number of aliphatic hydroxyl groups is 8. The third-order valence-electron chi connectivity index (χ3n) is 4.63. The first-order valence-electron chi connectivity index (χ1n) is 7.53. The van der Waals surface area contributed by atoms with Crippen molar-refractivity contribution >= 4 is 0 Å². The van der Waals surface area contributed by atoms with Crippen molar-refractivity contribution in [3.8, 4) is 0 Å². The van der Waals surface area contributed by atoms with Crippen molar-refractivity contribution in [2.24, 2.45) is 0 Å². The van der Waals surface area contributed by atoms with Crippen molar-refractivity contribution in [1.29, 1.82) is 0 Å². The first kappa shape index (κ1) is 18.9. The zero-order valence-electron chi connectivity index (χ0n) is 12.4. The molecule has 0 amide bonds. The van der Waals surface area contributed by atoms with Gasteiger partial charge < -0.3 is 50.9 Å². The van der Waals surface area contributed by atoms with Crippen LogP contribution in [-0.2, 0) is 4.74 Å². The van der Waals surface area contributed by atoms with E-state index in [2.05, 4.69) is 5.32 Å². The summed E-state index contributed by atoms with van der Waals surface area (Å²) in [6.45, 7) is -1.04. The molecule has 0 spiro atoms. The third-order valence-corrected chi connectivity index (χ3v) is 4.63. The number of nitrogens with one attached hydrogen (secondary N) is 1. The lowest BCUT2D eigenvalue weighted by Crippen LogP contribution is -2.67. The molecule has 0 aromatic heterocycles. The summed E-state index contributed by atoms with van der Waals surface area (Å²) in [4.78, 5) is 0. The highest BCUT2D eigenvalue weighted by Gasteiger charge is 2.47. The van der Waals surface area contributed by atoms with Crippen molar-refractivity contribution in [2.75, 3.05) is 13.2 Å². The Hall–Kier alpha value is -0.400. The average molecular weight is 339 g/mol. The molecule has 2 fully saturated rings. The fourth-order valence-corrected chi connectivity index (χ4v) is 3.14. The van der Waals surface area contributed by atoms with Crippen LogP contribution in [-0.4, -0.2) is 115 Å². The van der Waals surface area contributed by atoms with E-state index in [1.165, 1.54) is 0 Å². The molecule has 23 heavy (non-hydrogen) atoms. The fourth-order valence-electron chi connectivity index (χ4n) is 3.14. The Balaban J connectivity index is 2.07. The maximum Gasteiger partial charge on any atom is 0.111 e. The number of hydrogen-bond donors (Lipinski definition) is 9. The van der Waals surface area contributed by atoms with E-state index in [0.717, 1.165) is 0 Å². The number of ether oxygens (including phenoxy) is 1. The minimum Gasteiger partial charge on any atom is -0.395 e. The minimum atomic E-state index is -1.53. The molecular weight excluding hydrogens is 314 g/mol. The fraction of sp³-hybridized carbons (Fsp3) is 1.00. The molecule has 0 bridgehead atoms. The number of aliphatic hydroxyl groups excluding tert-OH is 8. The van der Waals surface area contributed by atoms with Gasteiger partial charge in [0.2, 0.25) is 0 Å². The van der Waals surface area contributed by atoms with Crippen LogP contribution in [0.15, 0.2) is 0 Å². The molecule has 0 aliphatic carbocycles. The second-order valence-electron chi connectivity index (χ2n) is 6.14. The van der Waals surface area contributed by atoms with Gasteiger partial charge in [0, 0.05) is 6.04 Å². The molecule has 0 aromatic rings. The van der Waals surface area contributed by atoms with E-state index in [-0.39, 0.29) is 6.42 Å². The molecule has 9 N–H and O–H groups in total. The highest BCUT2D eigenvalue weighted by molar-refractivity contribution is 5.01. The number of piperidine rings is 1. The van der Waals surface area contributed by atoms with Crippen molar-refractivity contribution < 1.29 is 45.6 Å². The van der Waals surface area contributed by atoms with Crippen LogP contribution in [0.3, 0.4) is 0 Å².